The van der Waals surface area contributed by atoms with E-state index < -0.39 is 11.8 Å². The van der Waals surface area contributed by atoms with Gasteiger partial charge in [-0.1, -0.05) is 24.3 Å². The molecule has 1 heterocycles. The summed E-state index contributed by atoms with van der Waals surface area (Å²) in [6.45, 7) is 7.50. The van der Waals surface area contributed by atoms with E-state index in [4.69, 9.17) is 4.74 Å². The first-order chi connectivity index (χ1) is 9.78. The predicted octanol–water partition coefficient (Wildman–Crippen LogP) is 2.72. The first-order valence-corrected chi connectivity index (χ1v) is 7.19. The molecular formula is C17H21NO3. The molecule has 1 aliphatic heterocycles. The van der Waals surface area contributed by atoms with E-state index in [1.165, 1.54) is 0 Å². The van der Waals surface area contributed by atoms with Crippen LogP contribution < -0.4 is 0 Å². The maximum Gasteiger partial charge on any atom is 0.375 e. The highest BCUT2D eigenvalue weighted by Gasteiger charge is 2.29. The van der Waals surface area contributed by atoms with E-state index in [1.54, 1.807) is 13.8 Å². The van der Waals surface area contributed by atoms with Crippen molar-refractivity contribution in [3.63, 3.8) is 0 Å². The highest BCUT2D eigenvalue weighted by Crippen LogP contribution is 2.27. The van der Waals surface area contributed by atoms with Crippen LogP contribution in [-0.2, 0) is 20.7 Å². The summed E-state index contributed by atoms with van der Waals surface area (Å²) in [5, 5.41) is 0. The van der Waals surface area contributed by atoms with Gasteiger partial charge in [-0.15, -0.1) is 0 Å². The van der Waals surface area contributed by atoms with Gasteiger partial charge in [0.25, 0.3) is 0 Å². The summed E-state index contributed by atoms with van der Waals surface area (Å²) in [5.41, 5.74) is 2.54. The van der Waals surface area contributed by atoms with Crippen molar-refractivity contribution >= 4 is 17.5 Å². The minimum atomic E-state index is -0.784. The molecule has 0 unspecified atom stereocenters. The maximum atomic E-state index is 12.0. The average molecular weight is 287 g/mol. The van der Waals surface area contributed by atoms with Gasteiger partial charge in [-0.25, -0.2) is 4.79 Å². The molecule has 1 aromatic rings. The van der Waals surface area contributed by atoms with Crippen LogP contribution in [0.25, 0.3) is 0 Å². The number of carbonyl (C=O) groups is 2. The zero-order valence-corrected chi connectivity index (χ0v) is 13.0. The van der Waals surface area contributed by atoms with E-state index >= 15 is 0 Å². The van der Waals surface area contributed by atoms with Crippen molar-refractivity contribution in [1.82, 2.24) is 0 Å². The van der Waals surface area contributed by atoms with Gasteiger partial charge in [0.05, 0.1) is 23.8 Å². The second-order valence-corrected chi connectivity index (χ2v) is 6.26. The number of hydrogen-bond acceptors (Lipinski definition) is 4. The lowest BCUT2D eigenvalue weighted by atomic mass is 9.86. The van der Waals surface area contributed by atoms with Crippen LogP contribution in [0.1, 0.15) is 45.2 Å². The quantitative estimate of drug-likeness (QED) is 0.632. The smallest absolute Gasteiger partial charge is 0.375 e. The summed E-state index contributed by atoms with van der Waals surface area (Å²) < 4.78 is 4.95. The van der Waals surface area contributed by atoms with Crippen LogP contribution in [0.5, 0.6) is 0 Å². The fourth-order valence-electron chi connectivity index (χ4n) is 2.53. The number of Topliss-reactive ketones (excluding diaryl/α,β-unsaturated/α-hetero) is 1. The number of hydrogen-bond donors (Lipinski definition) is 0. The third-order valence-electron chi connectivity index (χ3n) is 3.29. The number of benzene rings is 1. The van der Waals surface area contributed by atoms with E-state index in [2.05, 4.69) is 4.99 Å². The number of rotatable bonds is 4. The molecule has 1 aromatic carbocycles. The lowest BCUT2D eigenvalue weighted by Crippen LogP contribution is -2.31. The highest BCUT2D eigenvalue weighted by atomic mass is 16.5. The lowest BCUT2D eigenvalue weighted by Gasteiger charge is -2.28. The Morgan fingerprint density at radius 3 is 2.62 bits per heavy atom. The van der Waals surface area contributed by atoms with Gasteiger partial charge in [0, 0.05) is 0 Å². The monoisotopic (exact) mass is 287 g/mol. The van der Waals surface area contributed by atoms with E-state index in [0.29, 0.717) is 5.71 Å². The van der Waals surface area contributed by atoms with Gasteiger partial charge in [-0.05, 0) is 45.2 Å². The number of ketones is 1. The molecule has 4 heteroatoms. The number of aliphatic imine (C=N–C) groups is 1. The van der Waals surface area contributed by atoms with E-state index in [0.717, 1.165) is 17.5 Å². The van der Waals surface area contributed by atoms with Gasteiger partial charge >= 0.3 is 5.97 Å². The molecule has 0 N–H and O–H groups in total. The normalized spacial score (nSPS) is 16.1. The summed E-state index contributed by atoms with van der Waals surface area (Å²) in [6.07, 6.45) is 0.530. The standard InChI is InChI=1S/C17H21NO3/c1-11(2)21-16(20)15(19)9-14-13-8-6-5-7-12(13)10-17(3,4)18-14/h5-8,11H,9-10H2,1-4H3. The Balaban J connectivity index is 2.24. The van der Waals surface area contributed by atoms with Gasteiger partial charge in [0.2, 0.25) is 5.78 Å². The number of fused-ring (bicyclic) bond motifs is 1. The van der Waals surface area contributed by atoms with Crippen LogP contribution in [-0.4, -0.2) is 29.1 Å². The molecule has 0 spiro atoms. The first kappa shape index (κ1) is 15.4. The largest absolute Gasteiger partial charge is 0.457 e. The van der Waals surface area contributed by atoms with Crippen LogP contribution in [0.3, 0.4) is 0 Å². The zero-order valence-electron chi connectivity index (χ0n) is 13.0. The van der Waals surface area contributed by atoms with Crippen molar-refractivity contribution in [3.05, 3.63) is 35.4 Å². The average Bonchev–Trinajstić information content (AvgIpc) is 2.36. The highest BCUT2D eigenvalue weighted by molar-refractivity contribution is 6.38. The number of ether oxygens (including phenoxy) is 1. The second-order valence-electron chi connectivity index (χ2n) is 6.26. The van der Waals surface area contributed by atoms with E-state index in [1.807, 2.05) is 38.1 Å². The molecule has 0 fully saturated rings. The summed E-state index contributed by atoms with van der Waals surface area (Å²) in [5.74, 6) is -1.33. The molecule has 21 heavy (non-hydrogen) atoms. The fourth-order valence-corrected chi connectivity index (χ4v) is 2.53. The second kappa shape index (κ2) is 5.80. The Labute approximate surface area is 125 Å². The lowest BCUT2D eigenvalue weighted by molar-refractivity contribution is -0.156. The third kappa shape index (κ3) is 3.78. The van der Waals surface area contributed by atoms with Gasteiger partial charge in [-0.2, -0.15) is 0 Å². The number of esters is 1. The Morgan fingerprint density at radius 1 is 1.29 bits per heavy atom. The van der Waals surface area contributed by atoms with Gasteiger partial charge in [0.1, 0.15) is 0 Å². The Hall–Kier alpha value is -1.97. The van der Waals surface area contributed by atoms with Gasteiger partial charge < -0.3 is 4.74 Å². The summed E-state index contributed by atoms with van der Waals surface area (Å²) >= 11 is 0. The van der Waals surface area contributed by atoms with Crippen molar-refractivity contribution in [3.8, 4) is 0 Å². The molecule has 4 nitrogen and oxygen atoms in total. The van der Waals surface area contributed by atoms with Crippen molar-refractivity contribution < 1.29 is 14.3 Å². The summed E-state index contributed by atoms with van der Waals surface area (Å²) in [6, 6.07) is 7.89. The molecule has 112 valence electrons. The van der Waals surface area contributed by atoms with Crippen molar-refractivity contribution in [2.75, 3.05) is 0 Å². The van der Waals surface area contributed by atoms with Crippen LogP contribution in [0.15, 0.2) is 29.3 Å². The molecule has 0 bridgehead atoms. The molecule has 1 aliphatic rings. The van der Waals surface area contributed by atoms with Crippen LogP contribution in [0.4, 0.5) is 0 Å². The molecule has 0 aromatic heterocycles. The van der Waals surface area contributed by atoms with Crippen LogP contribution >= 0.6 is 0 Å². The van der Waals surface area contributed by atoms with Crippen molar-refractivity contribution in [1.29, 1.82) is 0 Å². The molecule has 0 saturated heterocycles. The Kier molecular flexibility index (Phi) is 4.26. The SMILES string of the molecule is CC(C)OC(=O)C(=O)CC1=NC(C)(C)Cc2ccccc21. The Morgan fingerprint density at radius 2 is 1.95 bits per heavy atom. The Bertz CT molecular complexity index is 600. The summed E-state index contributed by atoms with van der Waals surface area (Å²) in [4.78, 5) is 28.3. The molecule has 2 rings (SSSR count). The summed E-state index contributed by atoms with van der Waals surface area (Å²) in [7, 11) is 0. The minimum absolute atomic E-state index is 0.00794. The van der Waals surface area contributed by atoms with Gasteiger partial charge in [-0.3, -0.25) is 9.79 Å². The number of nitrogens with zero attached hydrogens (tertiary/aromatic N) is 1. The van der Waals surface area contributed by atoms with E-state index in [9.17, 15) is 9.59 Å². The van der Waals surface area contributed by atoms with Gasteiger partial charge in [0.15, 0.2) is 0 Å². The van der Waals surface area contributed by atoms with Crippen LogP contribution in [0, 0.1) is 0 Å². The molecular weight excluding hydrogens is 266 g/mol. The number of carbonyl (C=O) groups excluding carboxylic acids is 2. The first-order valence-electron chi connectivity index (χ1n) is 7.19. The molecule has 0 radical (unpaired) electrons. The zero-order chi connectivity index (χ0) is 15.6. The van der Waals surface area contributed by atoms with Crippen LogP contribution in [0.2, 0.25) is 0 Å². The third-order valence-corrected chi connectivity index (χ3v) is 3.29. The molecule has 0 saturated carbocycles. The predicted molar refractivity (Wildman–Crippen MR) is 81.6 cm³/mol. The van der Waals surface area contributed by atoms with E-state index in [-0.39, 0.29) is 18.1 Å². The topological polar surface area (TPSA) is 55.7 Å². The van der Waals surface area contributed by atoms with Crippen molar-refractivity contribution in [2.45, 2.75) is 52.2 Å². The fraction of sp³-hybridized carbons (Fsp3) is 0.471. The minimum Gasteiger partial charge on any atom is -0.457 e. The molecule has 0 atom stereocenters. The maximum absolute atomic E-state index is 12.0. The molecule has 0 amide bonds. The van der Waals surface area contributed by atoms with Crippen molar-refractivity contribution in [2.24, 2.45) is 4.99 Å². The molecule has 0 aliphatic carbocycles.